The molecule has 0 bridgehead atoms. The minimum absolute atomic E-state index is 0.422. The van der Waals surface area contributed by atoms with E-state index in [0.717, 1.165) is 10.2 Å². The average molecular weight is 236 g/mol. The Bertz CT molecular complexity index is 534. The predicted molar refractivity (Wildman–Crippen MR) is 64.3 cm³/mol. The van der Waals surface area contributed by atoms with Crippen LogP contribution in [0.2, 0.25) is 0 Å². The largest absolute Gasteiger partial charge is 0.368 e. The number of rotatable bonds is 3. The number of amides is 1. The third-order valence-electron chi connectivity index (χ3n) is 2.31. The van der Waals surface area contributed by atoms with Gasteiger partial charge in [-0.05, 0) is 25.3 Å². The maximum Gasteiger partial charge on any atom is 0.242 e. The number of primary amides is 1. The van der Waals surface area contributed by atoms with Gasteiger partial charge in [0.25, 0.3) is 0 Å². The number of hydrogen-bond acceptors (Lipinski definition) is 5. The number of aromatic nitrogens is 2. The monoisotopic (exact) mass is 236 g/mol. The van der Waals surface area contributed by atoms with Crippen molar-refractivity contribution in [2.24, 2.45) is 5.73 Å². The number of thiophene rings is 1. The highest BCUT2D eigenvalue weighted by Crippen LogP contribution is 2.25. The first kappa shape index (κ1) is 10.8. The summed E-state index contributed by atoms with van der Waals surface area (Å²) in [4.78, 5) is 20.4. The molecule has 0 saturated carbocycles. The summed E-state index contributed by atoms with van der Waals surface area (Å²) in [6.07, 6.45) is 1.47. The molecule has 3 N–H and O–H groups in total. The van der Waals surface area contributed by atoms with Gasteiger partial charge in [0, 0.05) is 0 Å². The standard InChI is InChI=1S/C10H12N4OS/c1-10(2,9(11)15)14-7-6-3-4-16-8(6)13-5-12-7/h3-5H,1-2H3,(H2,11,15)(H,12,13,14). The van der Waals surface area contributed by atoms with Crippen LogP contribution in [0, 0.1) is 0 Å². The van der Waals surface area contributed by atoms with Gasteiger partial charge in [-0.25, -0.2) is 9.97 Å². The fraction of sp³-hybridized carbons (Fsp3) is 0.300. The molecule has 84 valence electrons. The molecule has 2 aromatic heterocycles. The van der Waals surface area contributed by atoms with Gasteiger partial charge in [-0.3, -0.25) is 4.79 Å². The molecule has 1 amide bonds. The minimum atomic E-state index is -0.830. The van der Waals surface area contributed by atoms with Gasteiger partial charge < -0.3 is 11.1 Å². The lowest BCUT2D eigenvalue weighted by atomic mass is 10.1. The number of carbonyl (C=O) groups excluding carboxylic acids is 1. The SMILES string of the molecule is CC(C)(Nc1ncnc2sccc12)C(N)=O. The van der Waals surface area contributed by atoms with Crippen molar-refractivity contribution in [3.05, 3.63) is 17.8 Å². The van der Waals surface area contributed by atoms with Gasteiger partial charge in [0.1, 0.15) is 22.5 Å². The van der Waals surface area contributed by atoms with E-state index in [0.29, 0.717) is 5.82 Å². The molecular weight excluding hydrogens is 224 g/mol. The van der Waals surface area contributed by atoms with E-state index in [4.69, 9.17) is 5.73 Å². The number of nitrogens with one attached hydrogen (secondary N) is 1. The van der Waals surface area contributed by atoms with Gasteiger partial charge in [-0.1, -0.05) is 0 Å². The molecule has 0 saturated heterocycles. The molecule has 0 fully saturated rings. The van der Waals surface area contributed by atoms with Crippen LogP contribution in [0.1, 0.15) is 13.8 Å². The highest BCUT2D eigenvalue weighted by molar-refractivity contribution is 7.16. The quantitative estimate of drug-likeness (QED) is 0.843. The second-order valence-electron chi connectivity index (χ2n) is 3.98. The molecule has 0 aromatic carbocycles. The lowest BCUT2D eigenvalue weighted by Crippen LogP contribution is -2.45. The van der Waals surface area contributed by atoms with Gasteiger partial charge in [-0.15, -0.1) is 11.3 Å². The first-order valence-corrected chi connectivity index (χ1v) is 5.65. The van der Waals surface area contributed by atoms with Crippen molar-refractivity contribution in [2.75, 3.05) is 5.32 Å². The Morgan fingerprint density at radius 1 is 1.50 bits per heavy atom. The molecule has 0 aliphatic heterocycles. The zero-order valence-corrected chi connectivity index (χ0v) is 9.84. The Morgan fingerprint density at radius 3 is 2.94 bits per heavy atom. The van der Waals surface area contributed by atoms with E-state index in [9.17, 15) is 4.79 Å². The minimum Gasteiger partial charge on any atom is -0.368 e. The fourth-order valence-corrected chi connectivity index (χ4v) is 1.98. The van der Waals surface area contributed by atoms with Gasteiger partial charge in [0.15, 0.2) is 0 Å². The normalized spacial score (nSPS) is 11.6. The molecular formula is C10H12N4OS. The van der Waals surface area contributed by atoms with Crippen LogP contribution in [0.25, 0.3) is 10.2 Å². The van der Waals surface area contributed by atoms with Crippen molar-refractivity contribution in [1.82, 2.24) is 9.97 Å². The van der Waals surface area contributed by atoms with Crippen LogP contribution in [0.5, 0.6) is 0 Å². The van der Waals surface area contributed by atoms with Crippen molar-refractivity contribution < 1.29 is 4.79 Å². The Labute approximate surface area is 96.7 Å². The summed E-state index contributed by atoms with van der Waals surface area (Å²) in [6, 6.07) is 1.92. The lowest BCUT2D eigenvalue weighted by Gasteiger charge is -2.23. The Hall–Kier alpha value is -1.69. The van der Waals surface area contributed by atoms with Crippen molar-refractivity contribution >= 4 is 33.3 Å². The molecule has 0 atom stereocenters. The van der Waals surface area contributed by atoms with Gasteiger partial charge >= 0.3 is 0 Å². The summed E-state index contributed by atoms with van der Waals surface area (Å²) in [7, 11) is 0. The van der Waals surface area contributed by atoms with Crippen LogP contribution in [0.3, 0.4) is 0 Å². The van der Waals surface area contributed by atoms with Gasteiger partial charge in [0.2, 0.25) is 5.91 Å². The Balaban J connectivity index is 2.41. The van der Waals surface area contributed by atoms with E-state index >= 15 is 0 Å². The predicted octanol–water partition coefficient (Wildman–Crippen LogP) is 1.37. The van der Waals surface area contributed by atoms with Crippen molar-refractivity contribution in [2.45, 2.75) is 19.4 Å². The molecule has 0 radical (unpaired) electrons. The van der Waals surface area contributed by atoms with Crippen molar-refractivity contribution in [3.8, 4) is 0 Å². The topological polar surface area (TPSA) is 80.9 Å². The van der Waals surface area contributed by atoms with E-state index in [-0.39, 0.29) is 0 Å². The summed E-state index contributed by atoms with van der Waals surface area (Å²) in [5.74, 6) is 0.213. The van der Waals surface area contributed by atoms with E-state index in [1.165, 1.54) is 17.7 Å². The third-order valence-corrected chi connectivity index (χ3v) is 3.13. The third kappa shape index (κ3) is 1.83. The summed E-state index contributed by atoms with van der Waals surface area (Å²) >= 11 is 1.53. The van der Waals surface area contributed by atoms with Crippen LogP contribution < -0.4 is 11.1 Å². The molecule has 2 aromatic rings. The van der Waals surface area contributed by atoms with Crippen LogP contribution in [-0.4, -0.2) is 21.4 Å². The number of hydrogen-bond donors (Lipinski definition) is 2. The van der Waals surface area contributed by atoms with Crippen LogP contribution in [-0.2, 0) is 4.79 Å². The molecule has 5 nitrogen and oxygen atoms in total. The zero-order valence-electron chi connectivity index (χ0n) is 9.02. The smallest absolute Gasteiger partial charge is 0.242 e. The number of carbonyl (C=O) groups is 1. The highest BCUT2D eigenvalue weighted by atomic mass is 32.1. The number of fused-ring (bicyclic) bond motifs is 1. The first-order valence-electron chi connectivity index (χ1n) is 4.77. The fourth-order valence-electron chi connectivity index (χ4n) is 1.25. The molecule has 2 rings (SSSR count). The van der Waals surface area contributed by atoms with Crippen molar-refractivity contribution in [1.29, 1.82) is 0 Å². The summed E-state index contributed by atoms with van der Waals surface area (Å²) in [5, 5.41) is 5.86. The van der Waals surface area contributed by atoms with E-state index in [1.807, 2.05) is 11.4 Å². The summed E-state index contributed by atoms with van der Waals surface area (Å²) in [5.41, 5.74) is 4.47. The molecule has 0 aliphatic carbocycles. The Morgan fingerprint density at radius 2 is 2.25 bits per heavy atom. The molecule has 0 unspecified atom stereocenters. The molecule has 2 heterocycles. The van der Waals surface area contributed by atoms with E-state index < -0.39 is 11.4 Å². The first-order chi connectivity index (χ1) is 7.50. The van der Waals surface area contributed by atoms with Crippen LogP contribution in [0.15, 0.2) is 17.8 Å². The maximum atomic E-state index is 11.2. The van der Waals surface area contributed by atoms with Crippen molar-refractivity contribution in [3.63, 3.8) is 0 Å². The second-order valence-corrected chi connectivity index (χ2v) is 4.87. The molecule has 16 heavy (non-hydrogen) atoms. The van der Waals surface area contributed by atoms with E-state index in [1.54, 1.807) is 13.8 Å². The molecule has 6 heteroatoms. The van der Waals surface area contributed by atoms with Crippen LogP contribution in [0.4, 0.5) is 5.82 Å². The summed E-state index contributed by atoms with van der Waals surface area (Å²) in [6.45, 7) is 3.44. The number of nitrogens with zero attached hydrogens (tertiary/aromatic N) is 2. The summed E-state index contributed by atoms with van der Waals surface area (Å²) < 4.78 is 0. The number of nitrogens with two attached hydrogens (primary N) is 1. The maximum absolute atomic E-state index is 11.2. The Kier molecular flexibility index (Phi) is 2.51. The van der Waals surface area contributed by atoms with Gasteiger partial charge in [-0.2, -0.15) is 0 Å². The second kappa shape index (κ2) is 3.71. The zero-order chi connectivity index (χ0) is 11.8. The van der Waals surface area contributed by atoms with Crippen LogP contribution >= 0.6 is 11.3 Å². The van der Waals surface area contributed by atoms with Gasteiger partial charge in [0.05, 0.1) is 5.39 Å². The molecule has 0 aliphatic rings. The lowest BCUT2D eigenvalue weighted by molar-refractivity contribution is -0.121. The average Bonchev–Trinajstić information content (AvgIpc) is 2.65. The number of anilines is 1. The van der Waals surface area contributed by atoms with E-state index in [2.05, 4.69) is 15.3 Å². The molecule has 0 spiro atoms. The highest BCUT2D eigenvalue weighted by Gasteiger charge is 2.25.